The summed E-state index contributed by atoms with van der Waals surface area (Å²) in [6.45, 7) is 0. The van der Waals surface area contributed by atoms with Crippen molar-refractivity contribution in [3.63, 3.8) is 0 Å². The molecule has 100 valence electrons. The van der Waals surface area contributed by atoms with E-state index in [1.54, 1.807) is 0 Å². The van der Waals surface area contributed by atoms with E-state index in [0.29, 0.717) is 6.07 Å². The van der Waals surface area contributed by atoms with Crippen molar-refractivity contribution in [3.8, 4) is 11.3 Å². The van der Waals surface area contributed by atoms with Crippen molar-refractivity contribution in [1.29, 1.82) is 0 Å². The number of nitrogens with two attached hydrogens (primary N) is 1. The normalized spacial score (nSPS) is 11.6. The van der Waals surface area contributed by atoms with Crippen LogP contribution in [0.25, 0.3) is 11.3 Å². The second-order valence-electron chi connectivity index (χ2n) is 3.57. The monoisotopic (exact) mass is 290 g/mol. The zero-order chi connectivity index (χ0) is 14.2. The summed E-state index contributed by atoms with van der Waals surface area (Å²) in [6.07, 6.45) is -4.79. The van der Waals surface area contributed by atoms with E-state index in [2.05, 4.69) is 4.98 Å². The number of halogens is 4. The topological polar surface area (TPSA) is 56.0 Å². The molecule has 1 aromatic carbocycles. The number of amides is 1. The number of thiazole rings is 1. The highest BCUT2D eigenvalue weighted by atomic mass is 32.1. The molecular weight excluding hydrogens is 284 g/mol. The fourth-order valence-electron chi connectivity index (χ4n) is 1.46. The van der Waals surface area contributed by atoms with Crippen LogP contribution in [0.15, 0.2) is 23.6 Å². The Morgan fingerprint density at radius 3 is 2.53 bits per heavy atom. The lowest BCUT2D eigenvalue weighted by Crippen LogP contribution is -2.10. The second-order valence-corrected chi connectivity index (χ2v) is 4.43. The van der Waals surface area contributed by atoms with E-state index in [4.69, 9.17) is 5.73 Å². The molecule has 2 aromatic rings. The molecule has 0 saturated heterocycles. The van der Waals surface area contributed by atoms with Crippen molar-refractivity contribution in [2.24, 2.45) is 5.73 Å². The van der Waals surface area contributed by atoms with Crippen LogP contribution in [0.5, 0.6) is 0 Å². The van der Waals surface area contributed by atoms with Gasteiger partial charge in [0.1, 0.15) is 5.82 Å². The van der Waals surface area contributed by atoms with Gasteiger partial charge >= 0.3 is 6.18 Å². The quantitative estimate of drug-likeness (QED) is 0.864. The number of carbonyl (C=O) groups excluding carboxylic acids is 1. The first kappa shape index (κ1) is 13.5. The Kier molecular flexibility index (Phi) is 3.27. The Balaban J connectivity index is 2.54. The van der Waals surface area contributed by atoms with Crippen LogP contribution in [-0.4, -0.2) is 10.9 Å². The molecule has 0 aliphatic heterocycles. The fourth-order valence-corrected chi connectivity index (χ4v) is 2.13. The van der Waals surface area contributed by atoms with Gasteiger partial charge in [0, 0.05) is 10.9 Å². The first-order valence-corrected chi connectivity index (χ1v) is 5.80. The largest absolute Gasteiger partial charge is 0.419 e. The summed E-state index contributed by atoms with van der Waals surface area (Å²) >= 11 is 0.841. The van der Waals surface area contributed by atoms with Gasteiger partial charge < -0.3 is 5.73 Å². The predicted octanol–water partition coefficient (Wildman–Crippen LogP) is 3.07. The van der Waals surface area contributed by atoms with Crippen LogP contribution in [0.4, 0.5) is 17.6 Å². The number of benzene rings is 1. The summed E-state index contributed by atoms with van der Waals surface area (Å²) in [5.41, 5.74) is 3.23. The molecule has 1 heterocycles. The lowest BCUT2D eigenvalue weighted by Gasteiger charge is -2.09. The van der Waals surface area contributed by atoms with Crippen LogP contribution in [0.1, 0.15) is 15.4 Å². The summed E-state index contributed by atoms with van der Waals surface area (Å²) in [4.78, 5) is 14.6. The highest BCUT2D eigenvalue weighted by Crippen LogP contribution is 2.35. The summed E-state index contributed by atoms with van der Waals surface area (Å²) in [5, 5.41) is 1.19. The summed E-state index contributed by atoms with van der Waals surface area (Å²) < 4.78 is 51.4. The Labute approximate surface area is 108 Å². The second kappa shape index (κ2) is 4.61. The van der Waals surface area contributed by atoms with Crippen LogP contribution in [0, 0.1) is 5.82 Å². The van der Waals surface area contributed by atoms with Gasteiger partial charge in [0.2, 0.25) is 0 Å². The molecule has 2 rings (SSSR count). The molecule has 0 saturated carbocycles. The van der Waals surface area contributed by atoms with Crippen LogP contribution in [0.2, 0.25) is 0 Å². The minimum Gasteiger partial charge on any atom is -0.364 e. The third-order valence-corrected chi connectivity index (χ3v) is 3.15. The number of aromatic nitrogens is 1. The molecule has 0 aliphatic carbocycles. The van der Waals surface area contributed by atoms with E-state index >= 15 is 0 Å². The van der Waals surface area contributed by atoms with E-state index in [1.165, 1.54) is 5.38 Å². The summed E-state index contributed by atoms with van der Waals surface area (Å²) in [6, 6.07) is 2.87. The van der Waals surface area contributed by atoms with Crippen LogP contribution >= 0.6 is 11.3 Å². The minimum atomic E-state index is -4.79. The molecule has 0 radical (unpaired) electrons. The molecule has 0 spiro atoms. The van der Waals surface area contributed by atoms with Crippen LogP contribution < -0.4 is 5.73 Å². The Morgan fingerprint density at radius 1 is 1.32 bits per heavy atom. The van der Waals surface area contributed by atoms with Crippen molar-refractivity contribution in [3.05, 3.63) is 40.0 Å². The number of primary amides is 1. The first-order chi connectivity index (χ1) is 8.80. The first-order valence-electron chi connectivity index (χ1n) is 4.92. The van der Waals surface area contributed by atoms with E-state index < -0.39 is 23.5 Å². The molecule has 0 aliphatic rings. The number of nitrogens with zero attached hydrogens (tertiary/aromatic N) is 1. The number of hydrogen-bond acceptors (Lipinski definition) is 3. The van der Waals surface area contributed by atoms with Crippen LogP contribution in [0.3, 0.4) is 0 Å². The molecule has 19 heavy (non-hydrogen) atoms. The highest BCUT2D eigenvalue weighted by Gasteiger charge is 2.35. The molecule has 0 fully saturated rings. The van der Waals surface area contributed by atoms with Gasteiger partial charge in [-0.15, -0.1) is 11.3 Å². The average Bonchev–Trinajstić information content (AvgIpc) is 2.77. The smallest absolute Gasteiger partial charge is 0.364 e. The number of carbonyl (C=O) groups is 1. The maximum atomic E-state index is 13.8. The van der Waals surface area contributed by atoms with Gasteiger partial charge in [0.05, 0.1) is 11.3 Å². The molecule has 0 atom stereocenters. The third kappa shape index (κ3) is 2.58. The van der Waals surface area contributed by atoms with Crippen molar-refractivity contribution in [1.82, 2.24) is 4.98 Å². The summed E-state index contributed by atoms with van der Waals surface area (Å²) in [7, 11) is 0. The van der Waals surface area contributed by atoms with Crippen molar-refractivity contribution < 1.29 is 22.4 Å². The predicted molar refractivity (Wildman–Crippen MR) is 61.0 cm³/mol. The lowest BCUT2D eigenvalue weighted by molar-refractivity contribution is -0.139. The van der Waals surface area contributed by atoms with E-state index in [-0.39, 0.29) is 16.3 Å². The SMILES string of the molecule is NC(=O)c1nc(-c2cccc(C(F)(F)F)c2F)cs1. The Bertz CT molecular complexity index is 636. The van der Waals surface area contributed by atoms with Crippen molar-refractivity contribution in [2.45, 2.75) is 6.18 Å². The molecule has 1 aromatic heterocycles. The zero-order valence-corrected chi connectivity index (χ0v) is 9.98. The molecular formula is C11H6F4N2OS. The highest BCUT2D eigenvalue weighted by molar-refractivity contribution is 7.12. The van der Waals surface area contributed by atoms with Gasteiger partial charge in [0.25, 0.3) is 5.91 Å². The van der Waals surface area contributed by atoms with Crippen LogP contribution in [-0.2, 0) is 6.18 Å². The van der Waals surface area contributed by atoms with E-state index in [9.17, 15) is 22.4 Å². The number of hydrogen-bond donors (Lipinski definition) is 1. The summed E-state index contributed by atoms with van der Waals surface area (Å²) in [5.74, 6) is -2.24. The Hall–Kier alpha value is -1.96. The van der Waals surface area contributed by atoms with Gasteiger partial charge in [-0.1, -0.05) is 6.07 Å². The molecule has 0 unspecified atom stereocenters. The van der Waals surface area contributed by atoms with Gasteiger partial charge in [-0.2, -0.15) is 13.2 Å². The molecule has 3 nitrogen and oxygen atoms in total. The molecule has 0 bridgehead atoms. The lowest BCUT2D eigenvalue weighted by atomic mass is 10.1. The molecule has 1 amide bonds. The fraction of sp³-hybridized carbons (Fsp3) is 0.0909. The van der Waals surface area contributed by atoms with Gasteiger partial charge in [0.15, 0.2) is 5.01 Å². The maximum absolute atomic E-state index is 13.8. The molecule has 8 heteroatoms. The van der Waals surface area contributed by atoms with Crippen molar-refractivity contribution in [2.75, 3.05) is 0 Å². The standard InChI is InChI=1S/C11H6F4N2OS/c12-8-5(2-1-3-6(8)11(13,14)15)7-4-19-10(17-7)9(16)18/h1-4H,(H2,16,18). The van der Waals surface area contributed by atoms with Crippen molar-refractivity contribution >= 4 is 17.2 Å². The van der Waals surface area contributed by atoms with Gasteiger partial charge in [-0.3, -0.25) is 4.79 Å². The maximum Gasteiger partial charge on any atom is 0.419 e. The number of rotatable bonds is 2. The van der Waals surface area contributed by atoms with Gasteiger partial charge in [-0.05, 0) is 12.1 Å². The van der Waals surface area contributed by atoms with E-state index in [1.807, 2.05) is 0 Å². The third-order valence-electron chi connectivity index (χ3n) is 2.30. The Morgan fingerprint density at radius 2 is 2.00 bits per heavy atom. The average molecular weight is 290 g/mol. The molecule has 2 N–H and O–H groups in total. The number of alkyl halides is 3. The van der Waals surface area contributed by atoms with Gasteiger partial charge in [-0.25, -0.2) is 9.37 Å². The van der Waals surface area contributed by atoms with E-state index in [0.717, 1.165) is 23.5 Å². The minimum absolute atomic E-state index is 0.0533. The zero-order valence-electron chi connectivity index (χ0n) is 9.16.